The molecular weight excluding hydrogens is 414 g/mol. The maximum absolute atomic E-state index is 13.0. The van der Waals surface area contributed by atoms with Gasteiger partial charge >= 0.3 is 0 Å². The smallest absolute Gasteiger partial charge is 0.258 e. The molecule has 0 aliphatic carbocycles. The first kappa shape index (κ1) is 21.8. The summed E-state index contributed by atoms with van der Waals surface area (Å²) in [5.74, 6) is 2.33. The Labute approximate surface area is 186 Å². The van der Waals surface area contributed by atoms with Gasteiger partial charge in [-0.3, -0.25) is 10.1 Å². The van der Waals surface area contributed by atoms with Gasteiger partial charge in [-0.25, -0.2) is 4.99 Å². The summed E-state index contributed by atoms with van der Waals surface area (Å²) < 4.78 is 27.4. The molecule has 9 nitrogen and oxygen atoms in total. The molecule has 2 aromatic rings. The van der Waals surface area contributed by atoms with Crippen molar-refractivity contribution in [2.75, 3.05) is 45.9 Å². The molecule has 0 bridgehead atoms. The molecule has 2 heterocycles. The third kappa shape index (κ3) is 5.42. The van der Waals surface area contributed by atoms with E-state index in [-0.39, 0.29) is 12.0 Å². The minimum atomic E-state index is -0.349. The van der Waals surface area contributed by atoms with Crippen molar-refractivity contribution in [3.05, 3.63) is 42.0 Å². The Morgan fingerprint density at radius 3 is 2.47 bits per heavy atom. The van der Waals surface area contributed by atoms with Gasteiger partial charge in [-0.05, 0) is 37.1 Å². The lowest BCUT2D eigenvalue weighted by Crippen LogP contribution is -2.36. The first-order valence-corrected chi connectivity index (χ1v) is 10.5. The normalized spacial score (nSPS) is 17.6. The molecule has 0 radical (unpaired) electrons. The van der Waals surface area contributed by atoms with Gasteiger partial charge in [0.25, 0.3) is 5.91 Å². The lowest BCUT2D eigenvalue weighted by atomic mass is 10.2. The van der Waals surface area contributed by atoms with Crippen LogP contribution in [-0.2, 0) is 4.74 Å². The standard InChI is InChI=1S/C23H27N3O6/c1-28-18-10-15(11-19(13-18)29-2)22(27)26-23(24-14-17-4-3-7-30-17)25-16-5-6-20-21(12-16)32-9-8-31-20/h5-6,10-13,17H,3-4,7-9,14H2,1-2H3,(H2,24,25,26,27)/t17-/m1/s1. The number of carbonyl (C=O) groups excluding carboxylic acids is 1. The van der Waals surface area contributed by atoms with Crippen LogP contribution in [0.15, 0.2) is 41.4 Å². The Balaban J connectivity index is 1.54. The van der Waals surface area contributed by atoms with Crippen LogP contribution in [0.2, 0.25) is 0 Å². The molecule has 170 valence electrons. The molecule has 1 saturated heterocycles. The minimum Gasteiger partial charge on any atom is -0.497 e. The molecule has 2 aliphatic heterocycles. The second kappa shape index (κ2) is 10.2. The molecule has 0 saturated carbocycles. The lowest BCUT2D eigenvalue weighted by molar-refractivity contribution is 0.0975. The average molecular weight is 441 g/mol. The van der Waals surface area contributed by atoms with Gasteiger partial charge in [0.15, 0.2) is 11.5 Å². The highest BCUT2D eigenvalue weighted by Crippen LogP contribution is 2.32. The number of amides is 1. The van der Waals surface area contributed by atoms with Crippen LogP contribution in [0.4, 0.5) is 5.69 Å². The highest BCUT2D eigenvalue weighted by Gasteiger charge is 2.18. The van der Waals surface area contributed by atoms with E-state index in [4.69, 9.17) is 23.7 Å². The predicted octanol–water partition coefficient (Wildman–Crippen LogP) is 2.85. The summed E-state index contributed by atoms with van der Waals surface area (Å²) in [7, 11) is 3.07. The van der Waals surface area contributed by atoms with Crippen LogP contribution in [0, 0.1) is 0 Å². The number of fused-ring (bicyclic) bond motifs is 1. The molecule has 1 amide bonds. The first-order valence-electron chi connectivity index (χ1n) is 10.5. The van der Waals surface area contributed by atoms with Gasteiger partial charge < -0.3 is 29.0 Å². The van der Waals surface area contributed by atoms with E-state index in [1.54, 1.807) is 18.2 Å². The van der Waals surface area contributed by atoms with Crippen molar-refractivity contribution in [3.63, 3.8) is 0 Å². The van der Waals surface area contributed by atoms with Gasteiger partial charge in [0.1, 0.15) is 24.7 Å². The van der Waals surface area contributed by atoms with Gasteiger partial charge in [-0.1, -0.05) is 0 Å². The fourth-order valence-corrected chi connectivity index (χ4v) is 3.47. The zero-order chi connectivity index (χ0) is 22.3. The summed E-state index contributed by atoms with van der Waals surface area (Å²) in [5.41, 5.74) is 1.10. The SMILES string of the molecule is COc1cc(OC)cc(C(=O)NC(=NC[C@H]2CCCO2)Nc2ccc3c(c2)OCCO3)c1. The Morgan fingerprint density at radius 1 is 1.03 bits per heavy atom. The monoisotopic (exact) mass is 441 g/mol. The number of anilines is 1. The van der Waals surface area contributed by atoms with Crippen molar-refractivity contribution >= 4 is 17.6 Å². The Bertz CT molecular complexity index is 965. The number of aliphatic imine (C=N–C) groups is 1. The molecule has 0 spiro atoms. The van der Waals surface area contributed by atoms with Crippen LogP contribution in [0.1, 0.15) is 23.2 Å². The highest BCUT2D eigenvalue weighted by molar-refractivity contribution is 6.10. The van der Waals surface area contributed by atoms with Gasteiger partial charge in [-0.2, -0.15) is 0 Å². The molecule has 1 atom stereocenters. The van der Waals surface area contributed by atoms with Crippen molar-refractivity contribution in [1.82, 2.24) is 5.32 Å². The van der Waals surface area contributed by atoms with Crippen LogP contribution in [0.5, 0.6) is 23.0 Å². The van der Waals surface area contributed by atoms with E-state index in [0.717, 1.165) is 19.4 Å². The van der Waals surface area contributed by atoms with Gasteiger partial charge in [0.2, 0.25) is 5.96 Å². The molecule has 32 heavy (non-hydrogen) atoms. The molecule has 2 N–H and O–H groups in total. The molecule has 0 aromatic heterocycles. The fourth-order valence-electron chi connectivity index (χ4n) is 3.47. The number of carbonyl (C=O) groups is 1. The van der Waals surface area contributed by atoms with Gasteiger partial charge in [0, 0.05) is 30.0 Å². The van der Waals surface area contributed by atoms with E-state index >= 15 is 0 Å². The quantitative estimate of drug-likeness (QED) is 0.525. The van der Waals surface area contributed by atoms with Crippen LogP contribution < -0.4 is 29.6 Å². The predicted molar refractivity (Wildman–Crippen MR) is 119 cm³/mol. The molecule has 2 aliphatic rings. The van der Waals surface area contributed by atoms with Crippen molar-refractivity contribution in [2.45, 2.75) is 18.9 Å². The van der Waals surface area contributed by atoms with Crippen LogP contribution >= 0.6 is 0 Å². The third-order valence-corrected chi connectivity index (χ3v) is 5.13. The molecule has 9 heteroatoms. The summed E-state index contributed by atoms with van der Waals surface area (Å²) in [5, 5.41) is 6.03. The number of methoxy groups -OCH3 is 2. The fraction of sp³-hybridized carbons (Fsp3) is 0.391. The third-order valence-electron chi connectivity index (χ3n) is 5.13. The second-order valence-corrected chi connectivity index (χ2v) is 7.36. The van der Waals surface area contributed by atoms with Gasteiger partial charge in [-0.15, -0.1) is 0 Å². The zero-order valence-corrected chi connectivity index (χ0v) is 18.2. The Hall–Kier alpha value is -3.46. The molecule has 2 aromatic carbocycles. The number of nitrogens with zero attached hydrogens (tertiary/aromatic N) is 1. The minimum absolute atomic E-state index is 0.0425. The maximum atomic E-state index is 13.0. The second-order valence-electron chi connectivity index (χ2n) is 7.36. The summed E-state index contributed by atoms with van der Waals surface area (Å²) >= 11 is 0. The highest BCUT2D eigenvalue weighted by atomic mass is 16.6. The van der Waals surface area contributed by atoms with E-state index in [2.05, 4.69) is 15.6 Å². The van der Waals surface area contributed by atoms with Crippen LogP contribution in [0.25, 0.3) is 0 Å². The number of hydrogen-bond acceptors (Lipinski definition) is 7. The number of nitrogens with one attached hydrogen (secondary N) is 2. The molecule has 0 unspecified atom stereocenters. The summed E-state index contributed by atoms with van der Waals surface area (Å²) in [6.45, 7) is 2.19. The lowest BCUT2D eigenvalue weighted by Gasteiger charge is -2.20. The summed E-state index contributed by atoms with van der Waals surface area (Å²) in [6, 6.07) is 10.5. The molecule has 1 fully saturated rings. The zero-order valence-electron chi connectivity index (χ0n) is 18.2. The van der Waals surface area contributed by atoms with E-state index in [0.29, 0.717) is 60.0 Å². The largest absolute Gasteiger partial charge is 0.497 e. The number of rotatable bonds is 6. The van der Waals surface area contributed by atoms with Crippen molar-refractivity contribution in [1.29, 1.82) is 0 Å². The van der Waals surface area contributed by atoms with Gasteiger partial charge in [0.05, 0.1) is 26.9 Å². The van der Waals surface area contributed by atoms with E-state index in [9.17, 15) is 4.79 Å². The molecule has 4 rings (SSSR count). The number of hydrogen-bond donors (Lipinski definition) is 2. The summed E-state index contributed by atoms with van der Waals surface area (Å²) in [4.78, 5) is 17.6. The Morgan fingerprint density at radius 2 is 1.78 bits per heavy atom. The van der Waals surface area contributed by atoms with E-state index in [1.165, 1.54) is 14.2 Å². The number of benzene rings is 2. The number of ether oxygens (including phenoxy) is 5. The Kier molecular flexibility index (Phi) is 6.96. The van der Waals surface area contributed by atoms with Crippen molar-refractivity contribution < 1.29 is 28.5 Å². The maximum Gasteiger partial charge on any atom is 0.258 e. The van der Waals surface area contributed by atoms with Crippen molar-refractivity contribution in [3.8, 4) is 23.0 Å². The van der Waals surface area contributed by atoms with Crippen LogP contribution in [0.3, 0.4) is 0 Å². The van der Waals surface area contributed by atoms with Crippen molar-refractivity contribution in [2.24, 2.45) is 4.99 Å². The number of guanidine groups is 1. The van der Waals surface area contributed by atoms with E-state index < -0.39 is 0 Å². The topological polar surface area (TPSA) is 99.6 Å². The molecular formula is C23H27N3O6. The van der Waals surface area contributed by atoms with Crippen LogP contribution in [-0.4, -0.2) is 58.6 Å². The summed E-state index contributed by atoms with van der Waals surface area (Å²) in [6.07, 6.45) is 2.00. The van der Waals surface area contributed by atoms with E-state index in [1.807, 2.05) is 18.2 Å². The average Bonchev–Trinajstić information content (AvgIpc) is 3.35. The first-order chi connectivity index (χ1) is 15.6.